The summed E-state index contributed by atoms with van der Waals surface area (Å²) in [6.45, 7) is 4.46. The molecule has 0 aliphatic carbocycles. The molecule has 2 heterocycles. The molecule has 2 aliphatic heterocycles. The molecule has 0 aromatic heterocycles. The fourth-order valence-electron chi connectivity index (χ4n) is 4.96. The summed E-state index contributed by atoms with van der Waals surface area (Å²) in [7, 11) is 0. The van der Waals surface area contributed by atoms with Crippen molar-refractivity contribution in [1.82, 2.24) is 4.90 Å². The van der Waals surface area contributed by atoms with Crippen molar-refractivity contribution >= 4 is 11.8 Å². The first-order valence-corrected chi connectivity index (χ1v) is 11.3. The minimum atomic E-state index is -4.64. The summed E-state index contributed by atoms with van der Waals surface area (Å²) in [5, 5.41) is 0. The number of nitrogen functional groups attached to an aromatic ring is 1. The van der Waals surface area contributed by atoms with E-state index in [-0.39, 0.29) is 11.1 Å². The Labute approximate surface area is 204 Å². The highest BCUT2D eigenvalue weighted by Crippen LogP contribution is 2.46. The predicted molar refractivity (Wildman–Crippen MR) is 123 cm³/mol. The van der Waals surface area contributed by atoms with Crippen molar-refractivity contribution in [3.8, 4) is 11.1 Å². The van der Waals surface area contributed by atoms with Crippen LogP contribution in [0.15, 0.2) is 66.3 Å². The number of rotatable bonds is 4. The molecule has 3 unspecified atom stereocenters. The third-order valence-corrected chi connectivity index (χ3v) is 6.61. The minimum Gasteiger partial charge on any atom is -0.439 e. The molecule has 2 N–H and O–H groups in total. The second kappa shape index (κ2) is 9.22. The smallest absolute Gasteiger partial charge is 0.416 e. The summed E-state index contributed by atoms with van der Waals surface area (Å²) in [4.78, 5) is 14.3. The van der Waals surface area contributed by atoms with E-state index >= 15 is 0 Å². The molecule has 1 amide bonds. The molecular weight excluding hydrogens is 486 g/mol. The van der Waals surface area contributed by atoms with Gasteiger partial charge in [-0.15, -0.1) is 0 Å². The van der Waals surface area contributed by atoms with E-state index in [1.807, 2.05) is 0 Å². The zero-order chi connectivity index (χ0) is 26.4. The molecule has 4 nitrogen and oxygen atoms in total. The molecular formula is C26H24F6N2O2. The van der Waals surface area contributed by atoms with Crippen LogP contribution >= 0.6 is 0 Å². The van der Waals surface area contributed by atoms with Gasteiger partial charge in [0.05, 0.1) is 17.6 Å². The summed E-state index contributed by atoms with van der Waals surface area (Å²) < 4.78 is 85.3. The number of hydrogen-bond donors (Lipinski definition) is 1. The highest BCUT2D eigenvalue weighted by atomic mass is 19.4. The summed E-state index contributed by atoms with van der Waals surface area (Å²) >= 11 is 0. The molecule has 36 heavy (non-hydrogen) atoms. The number of ether oxygens (including phenoxy) is 1. The minimum absolute atomic E-state index is 0.166. The van der Waals surface area contributed by atoms with Gasteiger partial charge in [0.2, 0.25) is 0 Å². The topological polar surface area (TPSA) is 55.6 Å². The maximum atomic E-state index is 13.6. The molecule has 2 aromatic carbocycles. The van der Waals surface area contributed by atoms with E-state index in [1.165, 1.54) is 17.9 Å². The van der Waals surface area contributed by atoms with Gasteiger partial charge in [0.25, 0.3) is 0 Å². The zero-order valence-corrected chi connectivity index (χ0v) is 19.3. The number of carbonyl (C=O) groups excluding carboxylic acids is 1. The number of nitrogens with zero attached hydrogens (tertiary/aromatic N) is 1. The summed E-state index contributed by atoms with van der Waals surface area (Å²) in [6.07, 6.45) is -8.81. The van der Waals surface area contributed by atoms with Crippen molar-refractivity contribution in [3.63, 3.8) is 0 Å². The second-order valence-electron chi connectivity index (χ2n) is 9.06. The molecule has 2 aromatic rings. The summed E-state index contributed by atoms with van der Waals surface area (Å²) in [5.74, 6) is 0. The van der Waals surface area contributed by atoms with Gasteiger partial charge in [0.15, 0.2) is 0 Å². The van der Waals surface area contributed by atoms with Crippen LogP contribution in [0.3, 0.4) is 0 Å². The molecule has 0 spiro atoms. The Morgan fingerprint density at radius 2 is 1.83 bits per heavy atom. The fourth-order valence-corrected chi connectivity index (χ4v) is 4.96. The zero-order valence-electron chi connectivity index (χ0n) is 19.3. The van der Waals surface area contributed by atoms with E-state index in [0.29, 0.717) is 36.1 Å². The van der Waals surface area contributed by atoms with Crippen molar-refractivity contribution in [3.05, 3.63) is 77.4 Å². The Morgan fingerprint density at radius 3 is 2.47 bits per heavy atom. The monoisotopic (exact) mass is 510 g/mol. The van der Waals surface area contributed by atoms with Gasteiger partial charge in [-0.2, -0.15) is 26.3 Å². The fraction of sp³-hybridized carbons (Fsp3) is 0.346. The molecule has 0 radical (unpaired) electrons. The number of cyclic esters (lactones) is 1. The quantitative estimate of drug-likeness (QED) is 0.264. The lowest BCUT2D eigenvalue weighted by Gasteiger charge is -2.38. The molecule has 0 bridgehead atoms. The van der Waals surface area contributed by atoms with Crippen LogP contribution < -0.4 is 5.73 Å². The van der Waals surface area contributed by atoms with Crippen LogP contribution in [0.5, 0.6) is 0 Å². The number of carbonyl (C=O) groups is 1. The molecule has 4 rings (SSSR count). The van der Waals surface area contributed by atoms with E-state index in [0.717, 1.165) is 18.2 Å². The molecule has 10 heteroatoms. The van der Waals surface area contributed by atoms with Crippen LogP contribution in [0.2, 0.25) is 0 Å². The van der Waals surface area contributed by atoms with Crippen molar-refractivity contribution < 1.29 is 35.9 Å². The number of hydrogen-bond acceptors (Lipinski definition) is 3. The van der Waals surface area contributed by atoms with Crippen molar-refractivity contribution in [1.29, 1.82) is 0 Å². The lowest BCUT2D eigenvalue weighted by Crippen LogP contribution is -2.43. The van der Waals surface area contributed by atoms with Gasteiger partial charge < -0.3 is 10.5 Å². The van der Waals surface area contributed by atoms with Gasteiger partial charge in [-0.1, -0.05) is 24.8 Å². The van der Waals surface area contributed by atoms with Crippen LogP contribution in [-0.4, -0.2) is 29.3 Å². The SMILES string of the molecule is C=C(C=C(C)C1OC(=O)N2C(c3cc(C(F)(F)F)ccc3-c3cccc(N)c3)CCCC12)C(F)(F)F. The first-order chi connectivity index (χ1) is 16.8. The molecule has 0 saturated carbocycles. The molecule has 192 valence electrons. The number of halogens is 6. The Bertz CT molecular complexity index is 1220. The van der Waals surface area contributed by atoms with Crippen molar-refractivity contribution in [2.75, 3.05) is 5.73 Å². The van der Waals surface area contributed by atoms with Crippen LogP contribution in [0.1, 0.15) is 43.4 Å². The van der Waals surface area contributed by atoms with E-state index in [1.54, 1.807) is 24.3 Å². The van der Waals surface area contributed by atoms with E-state index < -0.39 is 47.8 Å². The van der Waals surface area contributed by atoms with Gasteiger partial charge in [0, 0.05) is 11.3 Å². The maximum absolute atomic E-state index is 13.6. The number of amides is 1. The van der Waals surface area contributed by atoms with E-state index in [2.05, 4.69) is 6.58 Å². The Hall–Kier alpha value is -3.43. The van der Waals surface area contributed by atoms with Crippen molar-refractivity contribution in [2.24, 2.45) is 0 Å². The predicted octanol–water partition coefficient (Wildman–Crippen LogP) is 7.43. The average molecular weight is 510 g/mol. The lowest BCUT2D eigenvalue weighted by atomic mass is 9.84. The van der Waals surface area contributed by atoms with Gasteiger partial charge in [-0.3, -0.25) is 4.90 Å². The molecule has 2 saturated heterocycles. The normalized spacial score (nSPS) is 22.9. The third-order valence-electron chi connectivity index (χ3n) is 6.61. The van der Waals surface area contributed by atoms with Crippen LogP contribution in [0.4, 0.5) is 36.8 Å². The number of anilines is 1. The number of allylic oxidation sites excluding steroid dienone is 2. The van der Waals surface area contributed by atoms with Gasteiger partial charge in [0.1, 0.15) is 6.10 Å². The maximum Gasteiger partial charge on any atom is 0.416 e. The number of piperidine rings is 1. The van der Waals surface area contributed by atoms with E-state index in [9.17, 15) is 31.1 Å². The second-order valence-corrected chi connectivity index (χ2v) is 9.06. The van der Waals surface area contributed by atoms with Gasteiger partial charge >= 0.3 is 18.4 Å². The Kier molecular flexibility index (Phi) is 6.57. The Morgan fingerprint density at radius 1 is 1.11 bits per heavy atom. The molecule has 2 fully saturated rings. The van der Waals surface area contributed by atoms with Gasteiger partial charge in [-0.25, -0.2) is 4.79 Å². The highest BCUT2D eigenvalue weighted by Gasteiger charge is 2.49. The summed E-state index contributed by atoms with van der Waals surface area (Å²) in [6, 6.07) is 8.64. The lowest BCUT2D eigenvalue weighted by molar-refractivity contribution is -0.137. The number of fused-ring (bicyclic) bond motifs is 1. The number of nitrogens with two attached hydrogens (primary N) is 1. The first-order valence-electron chi connectivity index (χ1n) is 11.3. The van der Waals surface area contributed by atoms with Crippen LogP contribution in [-0.2, 0) is 10.9 Å². The molecule has 2 aliphatic rings. The highest BCUT2D eigenvalue weighted by molar-refractivity contribution is 5.76. The number of benzene rings is 2. The largest absolute Gasteiger partial charge is 0.439 e. The van der Waals surface area contributed by atoms with E-state index in [4.69, 9.17) is 10.5 Å². The average Bonchev–Trinajstić information content (AvgIpc) is 3.14. The standard InChI is InChI=1S/C26H24F6N2O2/c1-14(11-15(2)25(27,28)29)23-22-8-4-7-21(34(22)24(35)36-23)20-13-17(26(30,31)32)9-10-19(20)16-5-3-6-18(33)12-16/h3,5-6,9-13,21-23H,2,4,7-8,33H2,1H3. The van der Waals surface area contributed by atoms with Crippen LogP contribution in [0.25, 0.3) is 11.1 Å². The Balaban J connectivity index is 1.77. The van der Waals surface area contributed by atoms with Crippen molar-refractivity contribution in [2.45, 2.75) is 56.7 Å². The third kappa shape index (κ3) is 4.94. The summed E-state index contributed by atoms with van der Waals surface area (Å²) in [5.41, 5.74) is 5.88. The number of alkyl halides is 6. The first kappa shape index (κ1) is 25.7. The van der Waals surface area contributed by atoms with Gasteiger partial charge in [-0.05, 0) is 78.8 Å². The molecule has 3 atom stereocenters. The van der Waals surface area contributed by atoms with Crippen LogP contribution in [0, 0.1) is 0 Å².